The fourth-order valence-corrected chi connectivity index (χ4v) is 4.48. The van der Waals surface area contributed by atoms with Crippen molar-refractivity contribution >= 4 is 34.0 Å². The molecule has 33 heavy (non-hydrogen) atoms. The quantitative estimate of drug-likeness (QED) is 0.377. The molecule has 1 amide bonds. The molecule has 0 bridgehead atoms. The predicted octanol–water partition coefficient (Wildman–Crippen LogP) is 5.64. The number of hydrogen-bond donors (Lipinski definition) is 1. The largest absolute Gasteiger partial charge is 0.486 e. The highest BCUT2D eigenvalue weighted by Gasteiger charge is 2.23. The molecule has 0 unspecified atom stereocenters. The number of rotatable bonds is 4. The van der Waals surface area contributed by atoms with E-state index < -0.39 is 0 Å². The molecule has 0 spiro atoms. The molecule has 0 saturated carbocycles. The maximum Gasteiger partial charge on any atom is 0.259 e. The minimum Gasteiger partial charge on any atom is -0.486 e. The van der Waals surface area contributed by atoms with Crippen LogP contribution in [0.25, 0.3) is 32.9 Å². The summed E-state index contributed by atoms with van der Waals surface area (Å²) >= 11 is 1.54. The summed E-state index contributed by atoms with van der Waals surface area (Å²) in [5.41, 5.74) is 3.41. The van der Waals surface area contributed by atoms with Crippen LogP contribution in [0.2, 0.25) is 0 Å². The van der Waals surface area contributed by atoms with Crippen molar-refractivity contribution in [3.63, 3.8) is 0 Å². The zero-order valence-corrected chi connectivity index (χ0v) is 18.1. The van der Waals surface area contributed by atoms with Crippen LogP contribution in [0.4, 0.5) is 5.69 Å². The van der Waals surface area contributed by atoms with Crippen LogP contribution < -0.4 is 14.8 Å². The van der Waals surface area contributed by atoms with E-state index >= 15 is 0 Å². The van der Waals surface area contributed by atoms with Gasteiger partial charge in [-0.1, -0.05) is 41.6 Å². The summed E-state index contributed by atoms with van der Waals surface area (Å²) in [5, 5.41) is 9.75. The van der Waals surface area contributed by atoms with E-state index in [-0.39, 0.29) is 5.91 Å². The minimum absolute atomic E-state index is 0.294. The molecule has 0 radical (unpaired) electrons. The highest BCUT2D eigenvalue weighted by molar-refractivity contribution is 7.13. The van der Waals surface area contributed by atoms with Gasteiger partial charge in [-0.2, -0.15) is 0 Å². The van der Waals surface area contributed by atoms with Gasteiger partial charge in [0, 0.05) is 17.3 Å². The number of aromatic nitrogens is 2. The van der Waals surface area contributed by atoms with Crippen LogP contribution in [-0.4, -0.2) is 29.3 Å². The summed E-state index contributed by atoms with van der Waals surface area (Å²) in [6.07, 6.45) is 0. The van der Waals surface area contributed by atoms with E-state index in [4.69, 9.17) is 14.0 Å². The lowest BCUT2D eigenvalue weighted by Gasteiger charge is -2.19. The number of hydrogen-bond acceptors (Lipinski definition) is 7. The van der Waals surface area contributed by atoms with Gasteiger partial charge in [0.05, 0.1) is 21.5 Å². The third-order valence-electron chi connectivity index (χ3n) is 5.31. The van der Waals surface area contributed by atoms with Crippen molar-refractivity contribution in [1.29, 1.82) is 0 Å². The fraction of sp³-hybridized carbons (Fsp3) is 0.0800. The molecule has 0 saturated heterocycles. The second kappa shape index (κ2) is 8.07. The number of pyridine rings is 1. The average Bonchev–Trinajstić information content (AvgIpc) is 3.54. The van der Waals surface area contributed by atoms with Crippen molar-refractivity contribution in [3.8, 4) is 33.3 Å². The van der Waals surface area contributed by atoms with Crippen LogP contribution in [0.15, 0.2) is 76.6 Å². The van der Waals surface area contributed by atoms with Gasteiger partial charge >= 0.3 is 0 Å². The van der Waals surface area contributed by atoms with Gasteiger partial charge in [-0.15, -0.1) is 11.3 Å². The molecule has 162 valence electrons. The molecular weight excluding hydrogens is 438 g/mol. The molecule has 0 aliphatic carbocycles. The van der Waals surface area contributed by atoms with E-state index in [0.717, 1.165) is 10.4 Å². The highest BCUT2D eigenvalue weighted by atomic mass is 32.1. The number of carbonyl (C=O) groups is 1. The van der Waals surface area contributed by atoms with Crippen molar-refractivity contribution in [3.05, 3.63) is 77.7 Å². The maximum absolute atomic E-state index is 13.5. The number of fused-ring (bicyclic) bond motifs is 2. The Hall–Kier alpha value is -4.17. The molecule has 0 fully saturated rings. The molecule has 7 nitrogen and oxygen atoms in total. The number of thiophene rings is 1. The summed E-state index contributed by atoms with van der Waals surface area (Å²) in [7, 11) is 0. The summed E-state index contributed by atoms with van der Waals surface area (Å²) in [6, 6.07) is 20.6. The van der Waals surface area contributed by atoms with Crippen molar-refractivity contribution in [2.45, 2.75) is 0 Å². The molecule has 3 aromatic heterocycles. The topological polar surface area (TPSA) is 86.5 Å². The van der Waals surface area contributed by atoms with E-state index in [1.54, 1.807) is 35.6 Å². The Bertz CT molecular complexity index is 1460. The predicted molar refractivity (Wildman–Crippen MR) is 126 cm³/mol. The van der Waals surface area contributed by atoms with Gasteiger partial charge in [0.1, 0.15) is 18.9 Å². The van der Waals surface area contributed by atoms with Gasteiger partial charge in [-0.25, -0.2) is 4.98 Å². The van der Waals surface area contributed by atoms with Crippen LogP contribution in [0, 0.1) is 0 Å². The number of anilines is 1. The van der Waals surface area contributed by atoms with Gasteiger partial charge in [0.15, 0.2) is 11.5 Å². The molecule has 1 aliphatic heterocycles. The van der Waals surface area contributed by atoms with E-state index in [1.807, 2.05) is 47.8 Å². The van der Waals surface area contributed by atoms with Crippen molar-refractivity contribution in [2.75, 3.05) is 18.5 Å². The van der Waals surface area contributed by atoms with Crippen molar-refractivity contribution in [2.24, 2.45) is 0 Å². The minimum atomic E-state index is -0.294. The van der Waals surface area contributed by atoms with Crippen LogP contribution in [-0.2, 0) is 0 Å². The summed E-state index contributed by atoms with van der Waals surface area (Å²) in [5.74, 6) is 0.973. The van der Waals surface area contributed by atoms with Crippen LogP contribution in [0.5, 0.6) is 11.5 Å². The Morgan fingerprint density at radius 1 is 0.939 bits per heavy atom. The summed E-state index contributed by atoms with van der Waals surface area (Å²) < 4.78 is 16.8. The normalized spacial score (nSPS) is 12.6. The second-order valence-corrected chi connectivity index (χ2v) is 8.37. The second-order valence-electron chi connectivity index (χ2n) is 7.42. The first-order chi connectivity index (χ1) is 16.3. The van der Waals surface area contributed by atoms with Crippen LogP contribution in [0.1, 0.15) is 10.4 Å². The number of amides is 1. The van der Waals surface area contributed by atoms with E-state index in [9.17, 15) is 4.79 Å². The van der Waals surface area contributed by atoms with Gasteiger partial charge in [-0.05, 0) is 29.6 Å². The van der Waals surface area contributed by atoms with E-state index in [0.29, 0.717) is 58.5 Å². The number of ether oxygens (including phenoxy) is 2. The monoisotopic (exact) mass is 455 g/mol. The highest BCUT2D eigenvalue weighted by Crippen LogP contribution is 2.35. The van der Waals surface area contributed by atoms with Crippen molar-refractivity contribution < 1.29 is 18.8 Å². The molecule has 2 aromatic carbocycles. The zero-order chi connectivity index (χ0) is 22.2. The Kier molecular flexibility index (Phi) is 4.77. The Balaban J connectivity index is 1.46. The van der Waals surface area contributed by atoms with Gasteiger partial charge in [-0.3, -0.25) is 4.79 Å². The van der Waals surface area contributed by atoms with E-state index in [1.165, 1.54) is 0 Å². The van der Waals surface area contributed by atoms with Crippen LogP contribution >= 0.6 is 11.3 Å². The van der Waals surface area contributed by atoms with Gasteiger partial charge in [0.25, 0.3) is 11.6 Å². The lowest BCUT2D eigenvalue weighted by Crippen LogP contribution is -2.16. The standard InChI is InChI=1S/C25H17N3O4S/c29-24(26-16-8-9-19-20(13-16)31-11-10-30-19)17-14-18(21-7-4-12-33-21)27-25-22(17)23(28-32-25)15-5-2-1-3-6-15/h1-9,12-14H,10-11H2,(H,26,29). The fourth-order valence-electron chi connectivity index (χ4n) is 3.79. The van der Waals surface area contributed by atoms with Gasteiger partial charge < -0.3 is 19.3 Å². The molecule has 4 heterocycles. The molecule has 1 aliphatic rings. The molecule has 5 aromatic rings. The van der Waals surface area contributed by atoms with Gasteiger partial charge in [0.2, 0.25) is 0 Å². The SMILES string of the molecule is O=C(Nc1ccc2c(c1)OCCO2)c1cc(-c2cccs2)nc2onc(-c3ccccc3)c12. The van der Waals surface area contributed by atoms with E-state index in [2.05, 4.69) is 15.5 Å². The number of nitrogens with zero attached hydrogens (tertiary/aromatic N) is 2. The lowest BCUT2D eigenvalue weighted by atomic mass is 10.0. The third kappa shape index (κ3) is 3.60. The van der Waals surface area contributed by atoms with Crippen molar-refractivity contribution in [1.82, 2.24) is 10.1 Å². The Morgan fingerprint density at radius 2 is 1.79 bits per heavy atom. The maximum atomic E-state index is 13.5. The Morgan fingerprint density at radius 3 is 2.61 bits per heavy atom. The molecule has 8 heteroatoms. The molecular formula is C25H17N3O4S. The summed E-state index contributed by atoms with van der Waals surface area (Å²) in [6.45, 7) is 0.982. The Labute approximate surface area is 192 Å². The summed E-state index contributed by atoms with van der Waals surface area (Å²) in [4.78, 5) is 19.1. The lowest BCUT2D eigenvalue weighted by molar-refractivity contribution is 0.102. The zero-order valence-electron chi connectivity index (χ0n) is 17.3. The number of carbonyl (C=O) groups excluding carboxylic acids is 1. The molecule has 0 atom stereocenters. The number of benzene rings is 2. The molecule has 1 N–H and O–H groups in total. The first kappa shape index (κ1) is 19.5. The van der Waals surface area contributed by atoms with Crippen LogP contribution in [0.3, 0.4) is 0 Å². The first-order valence-corrected chi connectivity index (χ1v) is 11.2. The third-order valence-corrected chi connectivity index (χ3v) is 6.20. The first-order valence-electron chi connectivity index (χ1n) is 10.4. The molecule has 6 rings (SSSR count). The smallest absolute Gasteiger partial charge is 0.259 e. The average molecular weight is 455 g/mol. The number of nitrogens with one attached hydrogen (secondary N) is 1.